The van der Waals surface area contributed by atoms with Crippen molar-refractivity contribution >= 4 is 5.78 Å². The standard InChI is InChI=1S/C13H14F2O2/c1-8-5-12(15)10(7-11(8)14)13(16)6-9-3-2-4-17-9/h5,7,9H,2-4,6H2,1H3. The number of ether oxygens (including phenoxy) is 1. The van der Waals surface area contributed by atoms with Crippen LogP contribution in [-0.4, -0.2) is 18.5 Å². The van der Waals surface area contributed by atoms with Crippen molar-refractivity contribution in [2.24, 2.45) is 0 Å². The third-order valence-corrected chi connectivity index (χ3v) is 2.99. The van der Waals surface area contributed by atoms with E-state index in [1.165, 1.54) is 6.92 Å². The lowest BCUT2D eigenvalue weighted by Crippen LogP contribution is -2.14. The molecule has 0 spiro atoms. The number of halogens is 2. The summed E-state index contributed by atoms with van der Waals surface area (Å²) in [6.45, 7) is 2.11. The number of ketones is 1. The summed E-state index contributed by atoms with van der Waals surface area (Å²) in [6.07, 6.45) is 1.70. The molecule has 0 radical (unpaired) electrons. The van der Waals surface area contributed by atoms with E-state index in [9.17, 15) is 13.6 Å². The van der Waals surface area contributed by atoms with Gasteiger partial charge in [-0.05, 0) is 37.5 Å². The molecule has 1 fully saturated rings. The molecule has 0 aromatic heterocycles. The molecule has 1 atom stereocenters. The molecule has 2 rings (SSSR count). The van der Waals surface area contributed by atoms with E-state index in [0.717, 1.165) is 25.0 Å². The van der Waals surface area contributed by atoms with Gasteiger partial charge in [-0.25, -0.2) is 8.78 Å². The van der Waals surface area contributed by atoms with Gasteiger partial charge in [-0.3, -0.25) is 4.79 Å². The number of Topliss-reactive ketones (excluding diaryl/α,β-unsaturated/α-hetero) is 1. The fourth-order valence-corrected chi connectivity index (χ4v) is 1.98. The molecule has 2 nitrogen and oxygen atoms in total. The van der Waals surface area contributed by atoms with Crippen LogP contribution < -0.4 is 0 Å². The summed E-state index contributed by atoms with van der Waals surface area (Å²) >= 11 is 0. The molecule has 0 bridgehead atoms. The topological polar surface area (TPSA) is 26.3 Å². The molecule has 17 heavy (non-hydrogen) atoms. The molecule has 92 valence electrons. The molecule has 1 unspecified atom stereocenters. The molecular weight excluding hydrogens is 226 g/mol. The summed E-state index contributed by atoms with van der Waals surface area (Å²) in [5.74, 6) is -1.61. The average Bonchev–Trinajstić information content (AvgIpc) is 2.76. The minimum absolute atomic E-state index is 0.124. The van der Waals surface area contributed by atoms with E-state index < -0.39 is 17.4 Å². The van der Waals surface area contributed by atoms with Crippen LogP contribution in [0.4, 0.5) is 8.78 Å². The first-order valence-corrected chi connectivity index (χ1v) is 5.68. The van der Waals surface area contributed by atoms with Gasteiger partial charge in [0.1, 0.15) is 11.6 Å². The summed E-state index contributed by atoms with van der Waals surface area (Å²) in [5, 5.41) is 0. The lowest BCUT2D eigenvalue weighted by atomic mass is 10.0. The number of carbonyl (C=O) groups is 1. The van der Waals surface area contributed by atoms with Gasteiger partial charge in [0.05, 0.1) is 11.7 Å². The number of aryl methyl sites for hydroxylation is 1. The molecule has 4 heteroatoms. The SMILES string of the molecule is Cc1cc(F)c(C(=O)CC2CCCO2)cc1F. The largest absolute Gasteiger partial charge is 0.378 e. The highest BCUT2D eigenvalue weighted by Crippen LogP contribution is 2.21. The summed E-state index contributed by atoms with van der Waals surface area (Å²) < 4.78 is 32.1. The molecule has 1 aliphatic rings. The highest BCUT2D eigenvalue weighted by atomic mass is 19.1. The van der Waals surface area contributed by atoms with Crippen molar-refractivity contribution in [3.05, 3.63) is 34.9 Å². The molecule has 0 amide bonds. The third-order valence-electron chi connectivity index (χ3n) is 2.99. The van der Waals surface area contributed by atoms with Crippen LogP contribution in [0, 0.1) is 18.6 Å². The van der Waals surface area contributed by atoms with Gasteiger partial charge in [0.15, 0.2) is 5.78 Å². The maximum Gasteiger partial charge on any atom is 0.168 e. The Balaban J connectivity index is 2.15. The first-order valence-electron chi connectivity index (χ1n) is 5.68. The van der Waals surface area contributed by atoms with Gasteiger partial charge in [0.25, 0.3) is 0 Å². The molecule has 0 saturated carbocycles. The molecule has 0 N–H and O–H groups in total. The summed E-state index contributed by atoms with van der Waals surface area (Å²) in [4.78, 5) is 11.8. The Morgan fingerprint density at radius 2 is 2.18 bits per heavy atom. The van der Waals surface area contributed by atoms with Crippen molar-refractivity contribution in [1.82, 2.24) is 0 Å². The van der Waals surface area contributed by atoms with Gasteiger partial charge in [-0.1, -0.05) is 0 Å². The summed E-state index contributed by atoms with van der Waals surface area (Å²) in [5.41, 5.74) is 0.0276. The number of hydrogen-bond donors (Lipinski definition) is 0. The second-order valence-corrected chi connectivity index (χ2v) is 4.34. The summed E-state index contributed by atoms with van der Waals surface area (Å²) in [6, 6.07) is 2.03. The van der Waals surface area contributed by atoms with Gasteiger partial charge in [0, 0.05) is 13.0 Å². The zero-order valence-electron chi connectivity index (χ0n) is 9.63. The van der Waals surface area contributed by atoms with Crippen LogP contribution in [0.3, 0.4) is 0 Å². The predicted octanol–water partition coefficient (Wildman–Crippen LogP) is 3.03. The Bertz CT molecular complexity index is 437. The van der Waals surface area contributed by atoms with Crippen molar-refractivity contribution in [3.63, 3.8) is 0 Å². The zero-order chi connectivity index (χ0) is 12.4. The smallest absolute Gasteiger partial charge is 0.168 e. The van der Waals surface area contributed by atoms with E-state index in [1.54, 1.807) is 0 Å². The third kappa shape index (κ3) is 2.69. The Kier molecular flexibility index (Phi) is 3.52. The Hall–Kier alpha value is -1.29. The van der Waals surface area contributed by atoms with Crippen LogP contribution in [0.2, 0.25) is 0 Å². The van der Waals surface area contributed by atoms with E-state index in [4.69, 9.17) is 4.74 Å². The Labute approximate surface area is 98.6 Å². The highest BCUT2D eigenvalue weighted by Gasteiger charge is 2.22. The highest BCUT2D eigenvalue weighted by molar-refractivity contribution is 5.96. The first-order chi connectivity index (χ1) is 8.08. The number of rotatable bonds is 3. The first kappa shape index (κ1) is 12.2. The molecule has 1 aromatic rings. The van der Waals surface area contributed by atoms with Crippen LogP contribution in [0.15, 0.2) is 12.1 Å². The van der Waals surface area contributed by atoms with E-state index in [-0.39, 0.29) is 23.7 Å². The minimum atomic E-state index is -0.660. The van der Waals surface area contributed by atoms with Crippen LogP contribution >= 0.6 is 0 Å². The van der Waals surface area contributed by atoms with E-state index in [0.29, 0.717) is 6.61 Å². The average molecular weight is 240 g/mol. The van der Waals surface area contributed by atoms with Crippen LogP contribution in [0.1, 0.15) is 35.2 Å². The quantitative estimate of drug-likeness (QED) is 0.759. The normalized spacial score (nSPS) is 19.6. The Morgan fingerprint density at radius 1 is 1.41 bits per heavy atom. The molecule has 0 aliphatic carbocycles. The van der Waals surface area contributed by atoms with Gasteiger partial charge in [-0.2, -0.15) is 0 Å². The van der Waals surface area contributed by atoms with E-state index >= 15 is 0 Å². The number of benzene rings is 1. The van der Waals surface area contributed by atoms with Crippen molar-refractivity contribution in [1.29, 1.82) is 0 Å². The van der Waals surface area contributed by atoms with Gasteiger partial charge in [-0.15, -0.1) is 0 Å². The van der Waals surface area contributed by atoms with Crippen molar-refractivity contribution in [3.8, 4) is 0 Å². The molecular formula is C13H14F2O2. The lowest BCUT2D eigenvalue weighted by Gasteiger charge is -2.09. The van der Waals surface area contributed by atoms with Gasteiger partial charge in [0.2, 0.25) is 0 Å². The second kappa shape index (κ2) is 4.92. The maximum absolute atomic E-state index is 13.5. The monoisotopic (exact) mass is 240 g/mol. The molecule has 1 heterocycles. The predicted molar refractivity (Wildman–Crippen MR) is 59.0 cm³/mol. The zero-order valence-corrected chi connectivity index (χ0v) is 9.63. The van der Waals surface area contributed by atoms with Crippen LogP contribution in [-0.2, 0) is 4.74 Å². The molecule has 1 aliphatic heterocycles. The fourth-order valence-electron chi connectivity index (χ4n) is 1.98. The molecule has 1 saturated heterocycles. The van der Waals surface area contributed by atoms with E-state index in [1.807, 2.05) is 0 Å². The van der Waals surface area contributed by atoms with E-state index in [2.05, 4.69) is 0 Å². The fraction of sp³-hybridized carbons (Fsp3) is 0.462. The van der Waals surface area contributed by atoms with Gasteiger partial charge < -0.3 is 4.74 Å². The molecule has 1 aromatic carbocycles. The number of hydrogen-bond acceptors (Lipinski definition) is 2. The van der Waals surface area contributed by atoms with Crippen molar-refractivity contribution in [2.45, 2.75) is 32.3 Å². The summed E-state index contributed by atoms with van der Waals surface area (Å²) in [7, 11) is 0. The maximum atomic E-state index is 13.5. The lowest BCUT2D eigenvalue weighted by molar-refractivity contribution is 0.0772. The Morgan fingerprint density at radius 3 is 2.82 bits per heavy atom. The van der Waals surface area contributed by atoms with Crippen LogP contribution in [0.5, 0.6) is 0 Å². The van der Waals surface area contributed by atoms with Crippen molar-refractivity contribution < 1.29 is 18.3 Å². The minimum Gasteiger partial charge on any atom is -0.378 e. The van der Waals surface area contributed by atoms with Crippen molar-refractivity contribution in [2.75, 3.05) is 6.61 Å². The second-order valence-electron chi connectivity index (χ2n) is 4.34. The van der Waals surface area contributed by atoms with Crippen LogP contribution in [0.25, 0.3) is 0 Å². The number of carbonyl (C=O) groups excluding carboxylic acids is 1. The van der Waals surface area contributed by atoms with Gasteiger partial charge >= 0.3 is 0 Å².